The van der Waals surface area contributed by atoms with Gasteiger partial charge in [0.15, 0.2) is 11.5 Å². The molecule has 4 rings (SSSR count). The number of fused-ring (bicyclic) bond motifs is 1. The molecule has 10 heteroatoms. The highest BCUT2D eigenvalue weighted by Crippen LogP contribution is 2.42. The fourth-order valence-corrected chi connectivity index (χ4v) is 5.01. The molecule has 1 atom stereocenters. The zero-order valence-corrected chi connectivity index (χ0v) is 18.9. The highest BCUT2D eigenvalue weighted by Gasteiger charge is 2.39. The molecule has 1 N–H and O–H groups in total. The van der Waals surface area contributed by atoms with Crippen molar-refractivity contribution >= 4 is 17.6 Å². The van der Waals surface area contributed by atoms with Gasteiger partial charge in [-0.2, -0.15) is 0 Å². The first kappa shape index (κ1) is 23.3. The molecule has 1 saturated heterocycles. The Morgan fingerprint density at radius 1 is 1.15 bits per heavy atom. The Balaban J connectivity index is 1.62. The highest BCUT2D eigenvalue weighted by atomic mass is 16.7. The minimum absolute atomic E-state index is 0.0141. The number of nitrogens with one attached hydrogen (secondary N) is 1. The molecule has 1 saturated carbocycles. The van der Waals surface area contributed by atoms with Crippen molar-refractivity contribution in [2.75, 3.05) is 26.5 Å². The lowest BCUT2D eigenvalue weighted by molar-refractivity contribution is -0.386. The third kappa shape index (κ3) is 5.21. The number of amides is 1. The van der Waals surface area contributed by atoms with E-state index in [-0.39, 0.29) is 41.9 Å². The van der Waals surface area contributed by atoms with Gasteiger partial charge in [-0.15, -0.1) is 0 Å². The van der Waals surface area contributed by atoms with E-state index in [1.54, 1.807) is 13.0 Å². The summed E-state index contributed by atoms with van der Waals surface area (Å²) in [7, 11) is 0. The van der Waals surface area contributed by atoms with Crippen LogP contribution >= 0.6 is 0 Å². The summed E-state index contributed by atoms with van der Waals surface area (Å²) in [6.45, 7) is 3.00. The summed E-state index contributed by atoms with van der Waals surface area (Å²) in [5.74, 6) is -0.00625. The molecule has 2 aliphatic heterocycles. The van der Waals surface area contributed by atoms with Crippen molar-refractivity contribution in [3.05, 3.63) is 27.8 Å². The predicted molar refractivity (Wildman–Crippen MR) is 118 cm³/mol. The average Bonchev–Trinajstić information content (AvgIpc) is 3.27. The molecule has 0 bridgehead atoms. The number of nitrogens with zero attached hydrogens (tertiary/aromatic N) is 2. The van der Waals surface area contributed by atoms with Gasteiger partial charge in [-0.3, -0.25) is 24.6 Å². The van der Waals surface area contributed by atoms with E-state index in [9.17, 15) is 19.7 Å². The average molecular weight is 462 g/mol. The quantitative estimate of drug-likeness (QED) is 0.374. The van der Waals surface area contributed by atoms with E-state index in [1.165, 1.54) is 6.07 Å². The molecule has 0 unspecified atom stereocenters. The van der Waals surface area contributed by atoms with Gasteiger partial charge in [0.2, 0.25) is 12.7 Å². The third-order valence-corrected chi connectivity index (χ3v) is 6.73. The van der Waals surface area contributed by atoms with Crippen molar-refractivity contribution in [1.82, 2.24) is 10.2 Å². The Hall–Kier alpha value is -2.88. The first-order valence-corrected chi connectivity index (χ1v) is 11.8. The monoisotopic (exact) mass is 461 g/mol. The summed E-state index contributed by atoms with van der Waals surface area (Å²) < 4.78 is 15.9. The van der Waals surface area contributed by atoms with E-state index in [4.69, 9.17) is 14.2 Å². The number of benzene rings is 1. The number of hydrogen-bond acceptors (Lipinski definition) is 8. The predicted octanol–water partition coefficient (Wildman–Crippen LogP) is 3.09. The molecule has 2 fully saturated rings. The summed E-state index contributed by atoms with van der Waals surface area (Å²) >= 11 is 0. The van der Waals surface area contributed by atoms with E-state index in [2.05, 4.69) is 5.32 Å². The number of esters is 1. The van der Waals surface area contributed by atoms with Gasteiger partial charge in [-0.1, -0.05) is 19.3 Å². The summed E-state index contributed by atoms with van der Waals surface area (Å²) in [4.78, 5) is 39.1. The number of nitro groups is 1. The molecule has 10 nitrogen and oxygen atoms in total. The normalized spacial score (nSPS) is 20.3. The summed E-state index contributed by atoms with van der Waals surface area (Å²) in [6.07, 6.45) is 6.16. The largest absolute Gasteiger partial charge is 0.466 e. The fourth-order valence-electron chi connectivity index (χ4n) is 5.01. The number of rotatable bonds is 7. The number of carbonyl (C=O) groups is 2. The van der Waals surface area contributed by atoms with E-state index in [1.807, 2.05) is 4.90 Å². The molecule has 1 amide bonds. The summed E-state index contributed by atoms with van der Waals surface area (Å²) in [6, 6.07) is 2.11. The summed E-state index contributed by atoms with van der Waals surface area (Å²) in [5, 5.41) is 15.1. The summed E-state index contributed by atoms with van der Waals surface area (Å²) in [5.41, 5.74) is 0.114. The second-order valence-electron chi connectivity index (χ2n) is 8.83. The van der Waals surface area contributed by atoms with Crippen molar-refractivity contribution in [2.24, 2.45) is 5.92 Å². The molecule has 0 radical (unpaired) electrons. The van der Waals surface area contributed by atoms with Crippen molar-refractivity contribution < 1.29 is 28.7 Å². The first-order chi connectivity index (χ1) is 16.0. The van der Waals surface area contributed by atoms with Crippen LogP contribution in [0.5, 0.6) is 11.5 Å². The van der Waals surface area contributed by atoms with Crippen LogP contribution < -0.4 is 14.8 Å². The number of likely N-dealkylation sites (tertiary alicyclic amines) is 1. The molecule has 180 valence electrons. The minimum atomic E-state index is -0.857. The maximum absolute atomic E-state index is 13.6. The van der Waals surface area contributed by atoms with Gasteiger partial charge in [0.25, 0.3) is 5.69 Å². The molecule has 0 aromatic heterocycles. The van der Waals surface area contributed by atoms with Crippen LogP contribution in [0.1, 0.15) is 63.5 Å². The van der Waals surface area contributed by atoms with Crippen LogP contribution in [0.15, 0.2) is 12.1 Å². The van der Waals surface area contributed by atoms with Crippen LogP contribution in [0.4, 0.5) is 5.69 Å². The second-order valence-corrected chi connectivity index (χ2v) is 8.83. The Kier molecular flexibility index (Phi) is 7.32. The number of piperidine rings is 1. The van der Waals surface area contributed by atoms with Gasteiger partial charge in [-0.05, 0) is 38.7 Å². The number of nitro benzene ring substituents is 1. The Morgan fingerprint density at radius 3 is 2.45 bits per heavy atom. The molecule has 0 spiro atoms. The van der Waals surface area contributed by atoms with Crippen LogP contribution in [-0.4, -0.2) is 54.2 Å². The molecule has 3 aliphatic rings. The maximum Gasteiger partial charge on any atom is 0.309 e. The van der Waals surface area contributed by atoms with Gasteiger partial charge in [0.05, 0.1) is 29.1 Å². The minimum Gasteiger partial charge on any atom is -0.466 e. The number of hydrogen-bond donors (Lipinski definition) is 1. The highest BCUT2D eigenvalue weighted by molar-refractivity contribution is 5.85. The molecule has 33 heavy (non-hydrogen) atoms. The van der Waals surface area contributed by atoms with Crippen molar-refractivity contribution in [3.63, 3.8) is 0 Å². The van der Waals surface area contributed by atoms with Crippen LogP contribution in [-0.2, 0) is 14.3 Å². The van der Waals surface area contributed by atoms with Crippen LogP contribution in [0.25, 0.3) is 0 Å². The standard InChI is InChI=1S/C23H31N3O7/c1-2-31-23(28)15-8-10-25(11-9-15)21(22(27)24-16-6-4-3-5-7-16)17-12-19-20(33-14-32-19)13-18(17)26(29)30/h12-13,15-16,21H,2-11,14H2,1H3,(H,24,27)/t21-/m0/s1. The topological polar surface area (TPSA) is 120 Å². The smallest absolute Gasteiger partial charge is 0.309 e. The van der Waals surface area contributed by atoms with Crippen molar-refractivity contribution in [3.8, 4) is 11.5 Å². The van der Waals surface area contributed by atoms with Gasteiger partial charge >= 0.3 is 5.97 Å². The number of carbonyl (C=O) groups excluding carboxylic acids is 2. The van der Waals surface area contributed by atoms with Crippen LogP contribution in [0, 0.1) is 16.0 Å². The van der Waals surface area contributed by atoms with E-state index < -0.39 is 11.0 Å². The van der Waals surface area contributed by atoms with E-state index in [0.29, 0.717) is 44.0 Å². The lowest BCUT2D eigenvalue weighted by Crippen LogP contribution is -2.48. The van der Waals surface area contributed by atoms with Gasteiger partial charge < -0.3 is 19.5 Å². The molecule has 1 aliphatic carbocycles. The number of ether oxygens (including phenoxy) is 3. The second kappa shape index (κ2) is 10.4. The zero-order chi connectivity index (χ0) is 23.4. The van der Waals surface area contributed by atoms with Crippen molar-refractivity contribution in [2.45, 2.75) is 64.0 Å². The zero-order valence-electron chi connectivity index (χ0n) is 18.9. The van der Waals surface area contributed by atoms with E-state index in [0.717, 1.165) is 32.1 Å². The van der Waals surface area contributed by atoms with Gasteiger partial charge in [-0.25, -0.2) is 0 Å². The SMILES string of the molecule is CCOC(=O)C1CCN([C@H](C(=O)NC2CCCCC2)c2cc3c(cc2[N+](=O)[O-])OCO3)CC1. The Labute approximate surface area is 192 Å². The van der Waals surface area contributed by atoms with Crippen LogP contribution in [0.2, 0.25) is 0 Å². The van der Waals surface area contributed by atoms with Crippen LogP contribution in [0.3, 0.4) is 0 Å². The third-order valence-electron chi connectivity index (χ3n) is 6.73. The lowest BCUT2D eigenvalue weighted by atomic mass is 9.92. The molecular formula is C23H31N3O7. The van der Waals surface area contributed by atoms with Gasteiger partial charge in [0, 0.05) is 19.1 Å². The first-order valence-electron chi connectivity index (χ1n) is 11.8. The Morgan fingerprint density at radius 2 is 1.82 bits per heavy atom. The molecule has 1 aromatic carbocycles. The van der Waals surface area contributed by atoms with Crippen molar-refractivity contribution in [1.29, 1.82) is 0 Å². The molecule has 2 heterocycles. The lowest BCUT2D eigenvalue weighted by Gasteiger charge is -2.37. The maximum atomic E-state index is 13.6. The van der Waals surface area contributed by atoms with Gasteiger partial charge in [0.1, 0.15) is 6.04 Å². The molecular weight excluding hydrogens is 430 g/mol. The Bertz CT molecular complexity index is 892. The van der Waals surface area contributed by atoms with E-state index >= 15 is 0 Å². The fraction of sp³-hybridized carbons (Fsp3) is 0.652. The molecule has 1 aromatic rings.